The van der Waals surface area contributed by atoms with Crippen LogP contribution in [0.1, 0.15) is 380 Å². The molecular formula is C77H138O6. The lowest BCUT2D eigenvalue weighted by Gasteiger charge is -2.18. The second-order valence-electron chi connectivity index (χ2n) is 24.5. The third kappa shape index (κ3) is 69.5. The SMILES string of the molecule is CC/C=C\C/C=C\C/C=C\C/C=C\C/C=C\C/C=C\CCCCCCCCCCC(=O)OCC(COC(=O)CCCCCCCCCCCCCCCCCCC)OC(=O)CCCCCCCCCCCCCCCCCCCCCCC. The molecule has 6 nitrogen and oxygen atoms in total. The molecular weight excluding hydrogens is 1020 g/mol. The van der Waals surface area contributed by atoms with E-state index in [0.29, 0.717) is 19.3 Å². The zero-order chi connectivity index (χ0) is 59.9. The molecule has 0 rings (SSSR count). The minimum absolute atomic E-state index is 0.0719. The predicted octanol–water partition coefficient (Wildman–Crippen LogP) is 25.2. The number of allylic oxidation sites excluding steroid dienone is 12. The molecule has 0 aliphatic carbocycles. The maximum atomic E-state index is 13.0. The Morgan fingerprint density at radius 2 is 0.470 bits per heavy atom. The molecule has 0 aromatic heterocycles. The highest BCUT2D eigenvalue weighted by molar-refractivity contribution is 5.71. The first-order valence-electron chi connectivity index (χ1n) is 36.4. The van der Waals surface area contributed by atoms with Crippen LogP contribution >= 0.6 is 0 Å². The molecule has 0 aliphatic heterocycles. The monoisotopic (exact) mass is 1160 g/mol. The van der Waals surface area contributed by atoms with Gasteiger partial charge in [-0.3, -0.25) is 14.4 Å². The average Bonchev–Trinajstić information content (AvgIpc) is 3.49. The fraction of sp³-hybridized carbons (Fsp3) is 0.805. The largest absolute Gasteiger partial charge is 0.462 e. The molecule has 1 atom stereocenters. The van der Waals surface area contributed by atoms with Crippen LogP contribution in [-0.4, -0.2) is 37.2 Å². The summed E-state index contributed by atoms with van der Waals surface area (Å²) in [5, 5.41) is 0. The molecule has 0 amide bonds. The van der Waals surface area contributed by atoms with E-state index in [0.717, 1.165) is 103 Å². The Labute approximate surface area is 516 Å². The molecule has 0 aliphatic rings. The van der Waals surface area contributed by atoms with Crippen molar-refractivity contribution < 1.29 is 28.6 Å². The van der Waals surface area contributed by atoms with Gasteiger partial charge in [-0.1, -0.05) is 363 Å². The quantitative estimate of drug-likeness (QED) is 0.0261. The van der Waals surface area contributed by atoms with Crippen LogP contribution in [0, 0.1) is 0 Å². The zero-order valence-corrected chi connectivity index (χ0v) is 55.5. The van der Waals surface area contributed by atoms with Gasteiger partial charge in [0.25, 0.3) is 0 Å². The van der Waals surface area contributed by atoms with Crippen molar-refractivity contribution in [3.8, 4) is 0 Å². The Balaban J connectivity index is 4.33. The minimum atomic E-state index is -0.778. The molecule has 482 valence electrons. The number of unbranched alkanes of at least 4 members (excludes halogenated alkanes) is 44. The second kappa shape index (κ2) is 71.3. The zero-order valence-electron chi connectivity index (χ0n) is 55.5. The van der Waals surface area contributed by atoms with Crippen molar-refractivity contribution in [2.24, 2.45) is 0 Å². The van der Waals surface area contributed by atoms with Gasteiger partial charge in [0.1, 0.15) is 13.2 Å². The van der Waals surface area contributed by atoms with Gasteiger partial charge in [0.2, 0.25) is 0 Å². The van der Waals surface area contributed by atoms with Gasteiger partial charge in [0.15, 0.2) is 6.10 Å². The van der Waals surface area contributed by atoms with Gasteiger partial charge in [-0.05, 0) is 70.6 Å². The highest BCUT2D eigenvalue weighted by atomic mass is 16.6. The minimum Gasteiger partial charge on any atom is -0.462 e. The van der Waals surface area contributed by atoms with E-state index < -0.39 is 6.10 Å². The van der Waals surface area contributed by atoms with Gasteiger partial charge in [0, 0.05) is 19.3 Å². The lowest BCUT2D eigenvalue weighted by molar-refractivity contribution is -0.167. The normalized spacial score (nSPS) is 12.5. The summed E-state index contributed by atoms with van der Waals surface area (Å²) < 4.78 is 17.0. The van der Waals surface area contributed by atoms with E-state index in [4.69, 9.17) is 14.2 Å². The Hall–Kier alpha value is -3.15. The standard InChI is InChI=1S/C77H138O6/c1-4-7-10-13-16-19-22-25-28-31-33-35-36-37-38-39-40-42-43-46-49-52-55-58-61-64-67-70-76(79)82-73-74(72-81-75(78)69-66-63-60-57-54-51-48-45-30-27-24-21-18-15-12-9-6-3)83-77(80)71-68-65-62-59-56-53-50-47-44-41-34-32-29-26-23-20-17-14-11-8-5-2/h7,10,16,19,25,28,33,35,37-38,40,42,74H,4-6,8-9,11-15,17-18,20-24,26-27,29-32,34,36,39,41,43-73H2,1-3H3/b10-7-,19-16-,28-25-,35-33-,38-37-,42-40-. The number of rotatable bonds is 67. The van der Waals surface area contributed by atoms with E-state index >= 15 is 0 Å². The highest BCUT2D eigenvalue weighted by Gasteiger charge is 2.19. The van der Waals surface area contributed by atoms with Crippen molar-refractivity contribution in [2.75, 3.05) is 13.2 Å². The number of carbonyl (C=O) groups excluding carboxylic acids is 3. The first-order chi connectivity index (χ1) is 41.0. The van der Waals surface area contributed by atoms with Gasteiger partial charge < -0.3 is 14.2 Å². The Kier molecular flexibility index (Phi) is 68.6. The summed E-state index contributed by atoms with van der Waals surface area (Å²) in [7, 11) is 0. The summed E-state index contributed by atoms with van der Waals surface area (Å²) in [6.45, 7) is 6.59. The Bertz CT molecular complexity index is 1520. The van der Waals surface area contributed by atoms with Crippen LogP contribution in [0.15, 0.2) is 72.9 Å². The summed E-state index contributed by atoms with van der Waals surface area (Å²) in [6, 6.07) is 0. The maximum Gasteiger partial charge on any atom is 0.306 e. The molecule has 0 saturated heterocycles. The summed E-state index contributed by atoms with van der Waals surface area (Å²) in [5.74, 6) is -0.853. The molecule has 0 aromatic carbocycles. The van der Waals surface area contributed by atoms with Crippen molar-refractivity contribution in [1.82, 2.24) is 0 Å². The third-order valence-electron chi connectivity index (χ3n) is 16.2. The smallest absolute Gasteiger partial charge is 0.306 e. The molecule has 0 bridgehead atoms. The van der Waals surface area contributed by atoms with Crippen molar-refractivity contribution in [2.45, 2.75) is 386 Å². The van der Waals surface area contributed by atoms with Crippen LogP contribution < -0.4 is 0 Å². The fourth-order valence-corrected chi connectivity index (χ4v) is 10.8. The van der Waals surface area contributed by atoms with Gasteiger partial charge in [-0.25, -0.2) is 0 Å². The molecule has 0 N–H and O–H groups in total. The lowest BCUT2D eigenvalue weighted by atomic mass is 10.0. The molecule has 0 saturated carbocycles. The van der Waals surface area contributed by atoms with Crippen LogP contribution in [0.4, 0.5) is 0 Å². The molecule has 0 heterocycles. The van der Waals surface area contributed by atoms with Crippen molar-refractivity contribution in [3.63, 3.8) is 0 Å². The number of esters is 3. The van der Waals surface area contributed by atoms with Crippen LogP contribution in [0.3, 0.4) is 0 Å². The van der Waals surface area contributed by atoms with Crippen LogP contribution in [0.25, 0.3) is 0 Å². The van der Waals surface area contributed by atoms with E-state index in [-0.39, 0.29) is 31.1 Å². The molecule has 0 spiro atoms. The summed E-state index contributed by atoms with van der Waals surface area (Å²) >= 11 is 0. The number of ether oxygens (including phenoxy) is 3. The molecule has 83 heavy (non-hydrogen) atoms. The van der Waals surface area contributed by atoms with Gasteiger partial charge in [-0.15, -0.1) is 0 Å². The molecule has 0 fully saturated rings. The number of hydrogen-bond donors (Lipinski definition) is 0. The Morgan fingerprint density at radius 3 is 0.735 bits per heavy atom. The summed E-state index contributed by atoms with van der Waals surface area (Å²) in [5.41, 5.74) is 0. The van der Waals surface area contributed by atoms with Crippen LogP contribution in [-0.2, 0) is 28.6 Å². The summed E-state index contributed by atoms with van der Waals surface area (Å²) in [4.78, 5) is 38.5. The highest BCUT2D eigenvalue weighted by Crippen LogP contribution is 2.18. The van der Waals surface area contributed by atoms with E-state index in [2.05, 4.69) is 93.7 Å². The topological polar surface area (TPSA) is 78.9 Å². The number of carbonyl (C=O) groups is 3. The van der Waals surface area contributed by atoms with Crippen LogP contribution in [0.2, 0.25) is 0 Å². The average molecular weight is 1160 g/mol. The van der Waals surface area contributed by atoms with Gasteiger partial charge in [-0.2, -0.15) is 0 Å². The second-order valence-corrected chi connectivity index (χ2v) is 24.5. The van der Waals surface area contributed by atoms with Crippen molar-refractivity contribution in [1.29, 1.82) is 0 Å². The number of hydrogen-bond acceptors (Lipinski definition) is 6. The molecule has 6 heteroatoms. The summed E-state index contributed by atoms with van der Waals surface area (Å²) in [6.07, 6.45) is 93.5. The van der Waals surface area contributed by atoms with Crippen molar-refractivity contribution in [3.05, 3.63) is 72.9 Å². The van der Waals surface area contributed by atoms with Crippen molar-refractivity contribution >= 4 is 17.9 Å². The first-order valence-corrected chi connectivity index (χ1v) is 36.4. The third-order valence-corrected chi connectivity index (χ3v) is 16.2. The molecule has 0 radical (unpaired) electrons. The fourth-order valence-electron chi connectivity index (χ4n) is 10.8. The predicted molar refractivity (Wildman–Crippen MR) is 362 cm³/mol. The van der Waals surface area contributed by atoms with Gasteiger partial charge in [0.05, 0.1) is 0 Å². The van der Waals surface area contributed by atoms with E-state index in [9.17, 15) is 14.4 Å². The van der Waals surface area contributed by atoms with Gasteiger partial charge >= 0.3 is 17.9 Å². The van der Waals surface area contributed by atoms with E-state index in [1.807, 2.05) is 0 Å². The maximum absolute atomic E-state index is 13.0. The molecule has 0 aromatic rings. The van der Waals surface area contributed by atoms with Crippen LogP contribution in [0.5, 0.6) is 0 Å². The Morgan fingerprint density at radius 1 is 0.253 bits per heavy atom. The lowest BCUT2D eigenvalue weighted by Crippen LogP contribution is -2.30. The van der Waals surface area contributed by atoms with E-state index in [1.54, 1.807) is 0 Å². The van der Waals surface area contributed by atoms with E-state index in [1.165, 1.54) is 238 Å². The molecule has 1 unspecified atom stereocenters. The first kappa shape index (κ1) is 79.8.